The van der Waals surface area contributed by atoms with Crippen LogP contribution in [0.5, 0.6) is 0 Å². The summed E-state index contributed by atoms with van der Waals surface area (Å²) in [6.07, 6.45) is 3.59. The molecule has 2 radical (unpaired) electrons. The van der Waals surface area contributed by atoms with Crippen LogP contribution in [0.3, 0.4) is 0 Å². The van der Waals surface area contributed by atoms with Gasteiger partial charge in [-0.25, -0.2) is 13.6 Å². The molecule has 7 nitrogen and oxygen atoms in total. The maximum Gasteiger partial charge on any atom is 0.282 e. The lowest BCUT2D eigenvalue weighted by Gasteiger charge is -2.14. The summed E-state index contributed by atoms with van der Waals surface area (Å²) in [5.74, 6) is 0. The van der Waals surface area contributed by atoms with Crippen LogP contribution >= 0.6 is 0 Å². The largest absolute Gasteiger partial charge is 0.294 e. The third kappa shape index (κ3) is 3.05. The molecule has 120 valence electrons. The van der Waals surface area contributed by atoms with E-state index in [0.29, 0.717) is 21.3 Å². The molecule has 0 bridgehead atoms. The molecule has 0 aliphatic heterocycles. The summed E-state index contributed by atoms with van der Waals surface area (Å²) >= 11 is 2.48. The first-order valence-corrected chi connectivity index (χ1v) is 9.09. The van der Waals surface area contributed by atoms with Crippen molar-refractivity contribution < 1.29 is 4.21 Å². The zero-order valence-electron chi connectivity index (χ0n) is 13.6. The summed E-state index contributed by atoms with van der Waals surface area (Å²) in [5, 5.41) is 4.30. The molecule has 1 aliphatic carbocycles. The first-order valence-electron chi connectivity index (χ1n) is 7.40. The molecule has 2 aromatic rings. The smallest absolute Gasteiger partial charge is 0.282 e. The monoisotopic (exact) mass is 347 g/mol. The Kier molecular flexibility index (Phi) is 4.07. The topological polar surface area (TPSA) is 82.1 Å². The maximum atomic E-state index is 12.5. The summed E-state index contributed by atoms with van der Waals surface area (Å²) in [6, 6.07) is 0.252. The fourth-order valence-corrected chi connectivity index (χ4v) is 3.39. The molecule has 23 heavy (non-hydrogen) atoms. The van der Waals surface area contributed by atoms with E-state index in [9.17, 15) is 9.00 Å². The van der Waals surface area contributed by atoms with Crippen LogP contribution in [-0.2, 0) is 18.0 Å². The molecule has 2 heterocycles. The standard InChI is InChI=1S/C14H18N5O2S.Al/c1-14(2,3)22(21)16-7-10-11-12(17-18(10)4)13(20)19(8-15-11)9-5-6-9;/h8-9H,5-6H2,1-4H3;. The highest BCUT2D eigenvalue weighted by Gasteiger charge is 2.27. The number of aromatic nitrogens is 4. The Bertz CT molecular complexity index is 889. The second-order valence-corrected chi connectivity index (χ2v) is 9.15. The van der Waals surface area contributed by atoms with Gasteiger partial charge in [0.05, 0.1) is 16.8 Å². The summed E-state index contributed by atoms with van der Waals surface area (Å²) in [5.41, 5.74) is 1.29. The Morgan fingerprint density at radius 1 is 1.39 bits per heavy atom. The van der Waals surface area contributed by atoms with Crippen LogP contribution < -0.4 is 5.56 Å². The highest BCUT2D eigenvalue weighted by molar-refractivity contribution is 7.85. The van der Waals surface area contributed by atoms with Crippen LogP contribution in [0.4, 0.5) is 0 Å². The summed E-state index contributed by atoms with van der Waals surface area (Å²) < 4.78 is 19.7. The number of nitrogens with zero attached hydrogens (tertiary/aromatic N) is 5. The van der Waals surface area contributed by atoms with E-state index in [2.05, 4.69) is 30.8 Å². The van der Waals surface area contributed by atoms with Crippen molar-refractivity contribution in [2.45, 2.75) is 44.4 Å². The lowest BCUT2D eigenvalue weighted by Crippen LogP contribution is -2.22. The van der Waals surface area contributed by atoms with Gasteiger partial charge in [-0.3, -0.25) is 14.0 Å². The average Bonchev–Trinajstić information content (AvgIpc) is 3.21. The summed E-state index contributed by atoms with van der Waals surface area (Å²) in [4.78, 5) is 16.9. The molecular formula is C14H18AlN5O2S. The highest BCUT2D eigenvalue weighted by Crippen LogP contribution is 2.33. The first kappa shape index (κ1) is 16.6. The Hall–Kier alpha value is -1.30. The van der Waals surface area contributed by atoms with Gasteiger partial charge < -0.3 is 0 Å². The van der Waals surface area contributed by atoms with Gasteiger partial charge in [-0.2, -0.15) is 5.10 Å². The molecule has 1 fully saturated rings. The summed E-state index contributed by atoms with van der Waals surface area (Å²) in [6.45, 7) is 5.58. The van der Waals surface area contributed by atoms with Crippen molar-refractivity contribution >= 4 is 42.9 Å². The van der Waals surface area contributed by atoms with Gasteiger partial charge in [-0.1, -0.05) is 0 Å². The van der Waals surface area contributed by atoms with Crippen molar-refractivity contribution in [3.05, 3.63) is 22.4 Å². The molecule has 1 aliphatic rings. The number of fused-ring (bicyclic) bond motifs is 1. The van der Waals surface area contributed by atoms with E-state index in [1.807, 2.05) is 20.8 Å². The van der Waals surface area contributed by atoms with Crippen LogP contribution in [0.2, 0.25) is 0 Å². The minimum absolute atomic E-state index is 0.130. The minimum Gasteiger partial charge on any atom is -0.294 e. The van der Waals surface area contributed by atoms with Gasteiger partial charge in [0.2, 0.25) is 16.3 Å². The second kappa shape index (κ2) is 5.65. The molecular weight excluding hydrogens is 329 g/mol. The third-order valence-corrected chi connectivity index (χ3v) is 5.66. The van der Waals surface area contributed by atoms with E-state index in [4.69, 9.17) is 0 Å². The normalized spacial score (nSPS) is 17.7. The van der Waals surface area contributed by atoms with Gasteiger partial charge in [-0.15, -0.1) is 0 Å². The van der Waals surface area contributed by atoms with Gasteiger partial charge in [0, 0.05) is 13.1 Å². The molecule has 0 N–H and O–H groups in total. The first-order chi connectivity index (χ1) is 10.7. The Morgan fingerprint density at radius 2 is 2.04 bits per heavy atom. The van der Waals surface area contributed by atoms with E-state index in [1.54, 1.807) is 22.6 Å². The van der Waals surface area contributed by atoms with Crippen LogP contribution in [0, 0.1) is 0 Å². The van der Waals surface area contributed by atoms with Crippen LogP contribution in [0.1, 0.15) is 45.3 Å². The van der Waals surface area contributed by atoms with Crippen LogP contribution in [0.15, 0.2) is 15.5 Å². The maximum absolute atomic E-state index is 12.5. The number of aryl methyl sites for hydroxylation is 1. The van der Waals surface area contributed by atoms with E-state index in [1.165, 1.54) is 0 Å². The third-order valence-electron chi connectivity index (χ3n) is 3.66. The fourth-order valence-electron chi connectivity index (χ4n) is 2.24. The molecule has 1 unspecified atom stereocenters. The Morgan fingerprint density at radius 3 is 2.61 bits per heavy atom. The van der Waals surface area contributed by atoms with E-state index < -0.39 is 15.7 Å². The number of hydrogen-bond acceptors (Lipinski definition) is 4. The number of rotatable bonds is 3. The molecule has 0 saturated heterocycles. The van der Waals surface area contributed by atoms with Crippen molar-refractivity contribution in [2.75, 3.05) is 0 Å². The molecule has 3 rings (SSSR count). The zero-order chi connectivity index (χ0) is 16.9. The highest BCUT2D eigenvalue weighted by atomic mass is 32.2. The molecule has 0 spiro atoms. The molecule has 0 aromatic carbocycles. The molecule has 0 amide bonds. The summed E-state index contributed by atoms with van der Waals surface area (Å²) in [7, 11) is 0.338. The second-order valence-electron chi connectivity index (χ2n) is 6.70. The predicted octanol–water partition coefficient (Wildman–Crippen LogP) is 0.842. The van der Waals surface area contributed by atoms with Crippen molar-refractivity contribution in [3.63, 3.8) is 0 Å². The Labute approximate surface area is 144 Å². The van der Waals surface area contributed by atoms with Crippen molar-refractivity contribution in [2.24, 2.45) is 11.4 Å². The molecule has 1 atom stereocenters. The van der Waals surface area contributed by atoms with Gasteiger partial charge in [-0.05, 0) is 38.2 Å². The SMILES string of the molecule is Cn1nc2c(=O)n(C3CC3)cnc2c1/[C]([Al])=N/S(=O)C(C)(C)C. The van der Waals surface area contributed by atoms with E-state index >= 15 is 0 Å². The quantitative estimate of drug-likeness (QED) is 0.609. The fraction of sp³-hybridized carbons (Fsp3) is 0.571. The van der Waals surface area contributed by atoms with Crippen molar-refractivity contribution in [1.29, 1.82) is 0 Å². The van der Waals surface area contributed by atoms with Crippen molar-refractivity contribution in [3.8, 4) is 0 Å². The van der Waals surface area contributed by atoms with Gasteiger partial charge >= 0.3 is 0 Å². The lowest BCUT2D eigenvalue weighted by molar-refractivity contribution is 0.650. The van der Waals surface area contributed by atoms with E-state index in [-0.39, 0.29) is 11.6 Å². The molecule has 9 heteroatoms. The van der Waals surface area contributed by atoms with Gasteiger partial charge in [0.1, 0.15) is 16.5 Å². The molecule has 2 aromatic heterocycles. The zero-order valence-corrected chi connectivity index (χ0v) is 15.6. The lowest BCUT2D eigenvalue weighted by atomic mass is 10.3. The predicted molar refractivity (Wildman–Crippen MR) is 91.2 cm³/mol. The minimum atomic E-state index is -1.40. The Balaban J connectivity index is 2.13. The number of hydrogen-bond donors (Lipinski definition) is 0. The van der Waals surface area contributed by atoms with Gasteiger partial charge in [0.25, 0.3) is 5.56 Å². The van der Waals surface area contributed by atoms with Crippen LogP contribution in [-0.4, -0.2) is 49.2 Å². The van der Waals surface area contributed by atoms with Crippen LogP contribution in [0.25, 0.3) is 11.0 Å². The van der Waals surface area contributed by atoms with Crippen molar-refractivity contribution in [1.82, 2.24) is 19.3 Å². The van der Waals surface area contributed by atoms with Gasteiger partial charge in [0.15, 0.2) is 5.52 Å². The van der Waals surface area contributed by atoms with E-state index in [0.717, 1.165) is 12.8 Å². The molecule has 1 saturated carbocycles. The average molecular weight is 347 g/mol.